The molecule has 4 heteroatoms. The van der Waals surface area contributed by atoms with E-state index in [1.54, 1.807) is 6.92 Å². The molecule has 0 aromatic heterocycles. The third kappa shape index (κ3) is 1.36. The molecule has 5 rings (SSSR count). The van der Waals surface area contributed by atoms with E-state index in [2.05, 4.69) is 5.32 Å². The fourth-order valence-electron chi connectivity index (χ4n) is 5.45. The van der Waals surface area contributed by atoms with Gasteiger partial charge in [0.25, 0.3) is 0 Å². The molecule has 1 spiro atoms. The number of ether oxygens (including phenoxy) is 2. The highest BCUT2D eigenvalue weighted by Gasteiger charge is 2.64. The van der Waals surface area contributed by atoms with Crippen LogP contribution in [-0.4, -0.2) is 30.4 Å². The molecule has 2 unspecified atom stereocenters. The normalized spacial score (nSPS) is 53.1. The minimum Gasteiger partial charge on any atom is -0.352 e. The summed E-state index contributed by atoms with van der Waals surface area (Å²) in [6.07, 6.45) is 5.88. The van der Waals surface area contributed by atoms with E-state index in [9.17, 15) is 4.79 Å². The van der Waals surface area contributed by atoms with Gasteiger partial charge in [0.15, 0.2) is 0 Å². The SMILES string of the molecule is CC(=O)NC12CC3CC(C1)C1(COCO1)C(C3)C2. The van der Waals surface area contributed by atoms with Crippen LogP contribution in [0, 0.1) is 17.8 Å². The summed E-state index contributed by atoms with van der Waals surface area (Å²) >= 11 is 0. The number of amides is 1. The van der Waals surface area contributed by atoms with Crippen molar-refractivity contribution >= 4 is 5.91 Å². The molecular formula is C14H21NO3. The van der Waals surface area contributed by atoms with Gasteiger partial charge in [0.05, 0.1) is 6.61 Å². The van der Waals surface area contributed by atoms with Crippen molar-refractivity contribution in [3.8, 4) is 0 Å². The van der Waals surface area contributed by atoms with Gasteiger partial charge >= 0.3 is 0 Å². The highest BCUT2D eigenvalue weighted by atomic mass is 16.7. The fraction of sp³-hybridized carbons (Fsp3) is 0.929. The Morgan fingerprint density at radius 3 is 2.50 bits per heavy atom. The van der Waals surface area contributed by atoms with Gasteiger partial charge in [-0.25, -0.2) is 0 Å². The lowest BCUT2D eigenvalue weighted by molar-refractivity contribution is -0.186. The van der Waals surface area contributed by atoms with Gasteiger partial charge in [-0.2, -0.15) is 0 Å². The van der Waals surface area contributed by atoms with E-state index in [-0.39, 0.29) is 17.0 Å². The summed E-state index contributed by atoms with van der Waals surface area (Å²) in [6, 6.07) is 0. The zero-order valence-electron chi connectivity index (χ0n) is 10.9. The summed E-state index contributed by atoms with van der Waals surface area (Å²) in [5.41, 5.74) is 0.0540. The Morgan fingerprint density at radius 1 is 1.22 bits per heavy atom. The first-order valence-electron chi connectivity index (χ1n) is 7.12. The first-order valence-corrected chi connectivity index (χ1v) is 7.12. The summed E-state index contributed by atoms with van der Waals surface area (Å²) in [5.74, 6) is 2.06. The van der Waals surface area contributed by atoms with E-state index in [1.165, 1.54) is 19.3 Å². The zero-order valence-corrected chi connectivity index (χ0v) is 10.9. The molecule has 0 aromatic rings. The van der Waals surface area contributed by atoms with Gasteiger partial charge in [0.2, 0.25) is 5.91 Å². The van der Waals surface area contributed by atoms with Crippen molar-refractivity contribution in [1.29, 1.82) is 0 Å². The molecular weight excluding hydrogens is 230 g/mol. The molecule has 1 heterocycles. The average Bonchev–Trinajstić information content (AvgIpc) is 2.73. The molecule has 1 saturated heterocycles. The Morgan fingerprint density at radius 2 is 1.94 bits per heavy atom. The average molecular weight is 251 g/mol. The molecule has 18 heavy (non-hydrogen) atoms. The summed E-state index contributed by atoms with van der Waals surface area (Å²) in [4.78, 5) is 11.5. The van der Waals surface area contributed by atoms with Crippen LogP contribution < -0.4 is 5.32 Å². The molecule has 100 valence electrons. The standard InChI is InChI=1S/C14H21NO3/c1-9(16)15-13-4-10-2-11(5-13)14(7-17-8-18-14)12(3-10)6-13/h10-12H,2-8H2,1H3,(H,15,16). The van der Waals surface area contributed by atoms with Gasteiger partial charge in [-0.3, -0.25) is 4.79 Å². The molecule has 4 bridgehead atoms. The van der Waals surface area contributed by atoms with Crippen LogP contribution in [0.25, 0.3) is 0 Å². The number of rotatable bonds is 1. The third-order valence-electron chi connectivity index (χ3n) is 5.75. The maximum absolute atomic E-state index is 11.5. The predicted octanol–water partition coefficient (Wildman–Crippen LogP) is 1.44. The Balaban J connectivity index is 1.66. The lowest BCUT2D eigenvalue weighted by atomic mass is 9.47. The van der Waals surface area contributed by atoms with Crippen LogP contribution in [-0.2, 0) is 14.3 Å². The van der Waals surface area contributed by atoms with Crippen LogP contribution in [0.2, 0.25) is 0 Å². The van der Waals surface area contributed by atoms with Crippen LogP contribution in [0.1, 0.15) is 39.0 Å². The highest BCUT2D eigenvalue weighted by Crippen LogP contribution is 2.61. The van der Waals surface area contributed by atoms with Gasteiger partial charge in [0.1, 0.15) is 12.4 Å². The Kier molecular flexibility index (Phi) is 2.17. The molecule has 4 saturated carbocycles. The molecule has 1 N–H and O–H groups in total. The number of carbonyl (C=O) groups excluding carboxylic acids is 1. The van der Waals surface area contributed by atoms with Crippen molar-refractivity contribution in [3.05, 3.63) is 0 Å². The molecule has 5 fully saturated rings. The van der Waals surface area contributed by atoms with Crippen molar-refractivity contribution in [2.45, 2.75) is 50.2 Å². The van der Waals surface area contributed by atoms with Crippen molar-refractivity contribution in [2.75, 3.05) is 13.4 Å². The summed E-state index contributed by atoms with van der Waals surface area (Å²) in [6.45, 7) is 2.87. The van der Waals surface area contributed by atoms with Crippen LogP contribution in [0.3, 0.4) is 0 Å². The van der Waals surface area contributed by atoms with Crippen molar-refractivity contribution in [1.82, 2.24) is 5.32 Å². The Bertz CT molecular complexity index is 371. The van der Waals surface area contributed by atoms with E-state index < -0.39 is 0 Å². The van der Waals surface area contributed by atoms with Crippen LogP contribution in [0.15, 0.2) is 0 Å². The maximum atomic E-state index is 11.5. The number of nitrogens with one attached hydrogen (secondary N) is 1. The van der Waals surface area contributed by atoms with Crippen LogP contribution in [0.4, 0.5) is 0 Å². The fourth-order valence-corrected chi connectivity index (χ4v) is 5.45. The second-order valence-electron chi connectivity index (χ2n) is 6.87. The first kappa shape index (κ1) is 11.2. The molecule has 0 radical (unpaired) electrons. The molecule has 4 nitrogen and oxygen atoms in total. The second kappa shape index (κ2) is 3.48. The van der Waals surface area contributed by atoms with E-state index >= 15 is 0 Å². The van der Waals surface area contributed by atoms with E-state index in [0.717, 1.165) is 25.4 Å². The predicted molar refractivity (Wildman–Crippen MR) is 64.7 cm³/mol. The lowest BCUT2D eigenvalue weighted by Gasteiger charge is -2.63. The molecule has 2 atom stereocenters. The highest BCUT2D eigenvalue weighted by molar-refractivity contribution is 5.74. The molecule has 1 aliphatic heterocycles. The van der Waals surface area contributed by atoms with Gasteiger partial charge in [0, 0.05) is 12.5 Å². The Labute approximate surface area is 107 Å². The number of hydrogen-bond donors (Lipinski definition) is 1. The van der Waals surface area contributed by atoms with E-state index in [4.69, 9.17) is 9.47 Å². The van der Waals surface area contributed by atoms with Gasteiger partial charge < -0.3 is 14.8 Å². The summed E-state index contributed by atoms with van der Waals surface area (Å²) in [5, 5.41) is 3.26. The van der Waals surface area contributed by atoms with Crippen molar-refractivity contribution in [2.24, 2.45) is 17.8 Å². The van der Waals surface area contributed by atoms with Crippen LogP contribution >= 0.6 is 0 Å². The molecule has 1 amide bonds. The summed E-state index contributed by atoms with van der Waals surface area (Å²) in [7, 11) is 0. The lowest BCUT2D eigenvalue weighted by Crippen LogP contribution is -2.68. The van der Waals surface area contributed by atoms with E-state index in [1.807, 2.05) is 0 Å². The Hall–Kier alpha value is -0.610. The number of carbonyl (C=O) groups is 1. The number of hydrogen-bond acceptors (Lipinski definition) is 3. The summed E-state index contributed by atoms with van der Waals surface area (Å²) < 4.78 is 11.6. The van der Waals surface area contributed by atoms with Crippen molar-refractivity contribution < 1.29 is 14.3 Å². The minimum absolute atomic E-state index is 0.0150. The topological polar surface area (TPSA) is 47.6 Å². The first-order chi connectivity index (χ1) is 8.62. The molecule has 0 aromatic carbocycles. The second-order valence-corrected chi connectivity index (χ2v) is 6.87. The van der Waals surface area contributed by atoms with Crippen LogP contribution in [0.5, 0.6) is 0 Å². The molecule has 4 aliphatic carbocycles. The van der Waals surface area contributed by atoms with Gasteiger partial charge in [-0.05, 0) is 49.9 Å². The monoisotopic (exact) mass is 251 g/mol. The third-order valence-corrected chi connectivity index (χ3v) is 5.75. The maximum Gasteiger partial charge on any atom is 0.217 e. The van der Waals surface area contributed by atoms with Gasteiger partial charge in [-0.15, -0.1) is 0 Å². The minimum atomic E-state index is -0.0150. The quantitative estimate of drug-likeness (QED) is 0.767. The largest absolute Gasteiger partial charge is 0.352 e. The van der Waals surface area contributed by atoms with Crippen molar-refractivity contribution in [3.63, 3.8) is 0 Å². The smallest absolute Gasteiger partial charge is 0.217 e. The van der Waals surface area contributed by atoms with Gasteiger partial charge in [-0.1, -0.05) is 0 Å². The molecule has 5 aliphatic rings. The van der Waals surface area contributed by atoms with E-state index in [0.29, 0.717) is 18.6 Å². The zero-order chi connectivity index (χ0) is 12.4.